The van der Waals surface area contributed by atoms with Crippen LogP contribution in [0.2, 0.25) is 0 Å². The molecule has 1 aliphatic rings. The number of rotatable bonds is 9. The van der Waals surface area contributed by atoms with E-state index in [-0.39, 0.29) is 18.0 Å². The molecule has 168 valence electrons. The van der Waals surface area contributed by atoms with E-state index in [4.69, 9.17) is 5.73 Å². The van der Waals surface area contributed by atoms with E-state index >= 15 is 0 Å². The smallest absolute Gasteiger partial charge is 0.236 e. The number of hydrogen-bond acceptors (Lipinski definition) is 6. The Balaban J connectivity index is 1.43. The molecule has 32 heavy (non-hydrogen) atoms. The molecule has 4 N–H and O–H groups in total. The summed E-state index contributed by atoms with van der Waals surface area (Å²) in [7, 11) is 0. The number of aryl methyl sites for hydroxylation is 1. The van der Waals surface area contributed by atoms with Crippen LogP contribution in [-0.4, -0.2) is 38.4 Å². The minimum atomic E-state index is -0.533. The number of anilines is 2. The molecule has 0 bridgehead atoms. The van der Waals surface area contributed by atoms with Crippen molar-refractivity contribution in [2.24, 2.45) is 11.1 Å². The normalized spacial score (nSPS) is 15.2. The van der Waals surface area contributed by atoms with Gasteiger partial charge in [0.1, 0.15) is 0 Å². The molecule has 0 aliphatic heterocycles. The van der Waals surface area contributed by atoms with Gasteiger partial charge in [0, 0.05) is 42.1 Å². The second-order valence-corrected chi connectivity index (χ2v) is 8.61. The Morgan fingerprint density at radius 2 is 2.03 bits per heavy atom. The van der Waals surface area contributed by atoms with Crippen molar-refractivity contribution in [1.29, 1.82) is 0 Å². The number of aromatic nitrogens is 4. The first-order valence-corrected chi connectivity index (χ1v) is 10.7. The van der Waals surface area contributed by atoms with E-state index in [9.17, 15) is 9.18 Å². The molecule has 9 heteroatoms. The Morgan fingerprint density at radius 3 is 2.69 bits per heavy atom. The molecule has 1 aromatic carbocycles. The van der Waals surface area contributed by atoms with Gasteiger partial charge >= 0.3 is 0 Å². The van der Waals surface area contributed by atoms with Crippen LogP contribution in [0.15, 0.2) is 42.9 Å². The SMILES string of the molecule is Cc1cnc(Nc2ccc(CNC(=O)[C@H](C)N)cc2)nc1-c1cnn(CC2(CF)CC2)c1. The molecule has 1 fully saturated rings. The second-order valence-electron chi connectivity index (χ2n) is 8.61. The standard InChI is InChI=1S/C23H28FN7O/c1-15-9-27-22(29-19-5-3-17(4-6-19)10-26-21(32)16(2)25)30-20(15)18-11-28-31(12-18)14-23(13-24)7-8-23/h3-6,9,11-12,16H,7-8,10,13-14,25H2,1-2H3,(H,26,32)(H,27,29,30)/t16-/m0/s1. The third kappa shape index (κ3) is 5.11. The molecule has 8 nitrogen and oxygen atoms in total. The van der Waals surface area contributed by atoms with Crippen LogP contribution in [0.5, 0.6) is 0 Å². The maximum absolute atomic E-state index is 13.2. The fourth-order valence-corrected chi connectivity index (χ4v) is 3.41. The summed E-state index contributed by atoms with van der Waals surface area (Å²) in [5.41, 5.74) is 9.72. The quantitative estimate of drug-likeness (QED) is 0.474. The highest BCUT2D eigenvalue weighted by Crippen LogP contribution is 2.47. The summed E-state index contributed by atoms with van der Waals surface area (Å²) in [5.74, 6) is 0.284. The van der Waals surface area contributed by atoms with Gasteiger partial charge in [0.25, 0.3) is 0 Å². The summed E-state index contributed by atoms with van der Waals surface area (Å²) in [5, 5.41) is 10.4. The zero-order valence-corrected chi connectivity index (χ0v) is 18.3. The summed E-state index contributed by atoms with van der Waals surface area (Å²) < 4.78 is 15.0. The molecule has 0 unspecified atom stereocenters. The van der Waals surface area contributed by atoms with Gasteiger partial charge in [0.05, 0.1) is 24.6 Å². The van der Waals surface area contributed by atoms with Crippen molar-refractivity contribution in [3.05, 3.63) is 54.0 Å². The van der Waals surface area contributed by atoms with Crippen LogP contribution in [0.1, 0.15) is 30.9 Å². The van der Waals surface area contributed by atoms with E-state index in [0.29, 0.717) is 19.0 Å². The van der Waals surface area contributed by atoms with Gasteiger partial charge in [-0.25, -0.2) is 9.97 Å². The molecular formula is C23H28FN7O. The summed E-state index contributed by atoms with van der Waals surface area (Å²) in [6.45, 7) is 4.30. The molecule has 0 radical (unpaired) electrons. The molecule has 1 atom stereocenters. The van der Waals surface area contributed by atoms with Gasteiger partial charge in [-0.1, -0.05) is 12.1 Å². The number of halogens is 1. The minimum absolute atomic E-state index is 0.187. The molecule has 3 aromatic rings. The van der Waals surface area contributed by atoms with Crippen molar-refractivity contribution in [3.63, 3.8) is 0 Å². The lowest BCUT2D eigenvalue weighted by atomic mass is 10.1. The van der Waals surface area contributed by atoms with Gasteiger partial charge in [0.2, 0.25) is 11.9 Å². The highest BCUT2D eigenvalue weighted by atomic mass is 19.1. The summed E-state index contributed by atoms with van der Waals surface area (Å²) >= 11 is 0. The van der Waals surface area contributed by atoms with Crippen molar-refractivity contribution < 1.29 is 9.18 Å². The molecule has 4 rings (SSSR count). The van der Waals surface area contributed by atoms with E-state index in [1.165, 1.54) is 0 Å². The number of amides is 1. The Morgan fingerprint density at radius 1 is 1.28 bits per heavy atom. The van der Waals surface area contributed by atoms with Crippen LogP contribution in [-0.2, 0) is 17.9 Å². The zero-order valence-electron chi connectivity index (χ0n) is 18.3. The lowest BCUT2D eigenvalue weighted by molar-refractivity contribution is -0.122. The van der Waals surface area contributed by atoms with Crippen LogP contribution in [0.3, 0.4) is 0 Å². The molecule has 0 saturated heterocycles. The molecule has 1 saturated carbocycles. The fraction of sp³-hybridized carbons (Fsp3) is 0.391. The lowest BCUT2D eigenvalue weighted by Crippen LogP contribution is -2.37. The van der Waals surface area contributed by atoms with Crippen molar-refractivity contribution in [2.45, 2.75) is 45.8 Å². The van der Waals surface area contributed by atoms with E-state index in [0.717, 1.165) is 40.9 Å². The number of nitrogens with zero attached hydrogens (tertiary/aromatic N) is 4. The van der Waals surface area contributed by atoms with Crippen molar-refractivity contribution >= 4 is 17.5 Å². The van der Waals surface area contributed by atoms with E-state index < -0.39 is 6.04 Å². The first-order valence-electron chi connectivity index (χ1n) is 10.7. The predicted octanol–water partition coefficient (Wildman–Crippen LogP) is 3.11. The van der Waals surface area contributed by atoms with Gasteiger partial charge in [0.15, 0.2) is 0 Å². The highest BCUT2D eigenvalue weighted by Gasteiger charge is 2.43. The topological polar surface area (TPSA) is 111 Å². The molecule has 1 amide bonds. The summed E-state index contributed by atoms with van der Waals surface area (Å²) in [4.78, 5) is 20.6. The molecular weight excluding hydrogens is 409 g/mol. The summed E-state index contributed by atoms with van der Waals surface area (Å²) in [6.07, 6.45) is 7.27. The zero-order chi connectivity index (χ0) is 22.7. The Bertz CT molecular complexity index is 1090. The average Bonchev–Trinajstić information content (AvgIpc) is 3.41. The second kappa shape index (κ2) is 9.04. The maximum Gasteiger partial charge on any atom is 0.236 e. The van der Waals surface area contributed by atoms with Gasteiger partial charge in [-0.2, -0.15) is 5.10 Å². The first kappa shape index (κ1) is 21.9. The average molecular weight is 438 g/mol. The number of carbonyl (C=O) groups is 1. The van der Waals surface area contributed by atoms with E-state index in [1.54, 1.807) is 24.0 Å². The van der Waals surface area contributed by atoms with Gasteiger partial charge in [-0.15, -0.1) is 0 Å². The molecule has 0 spiro atoms. The number of alkyl halides is 1. The fourth-order valence-electron chi connectivity index (χ4n) is 3.41. The third-order valence-corrected chi connectivity index (χ3v) is 5.71. The third-order valence-electron chi connectivity index (χ3n) is 5.71. The van der Waals surface area contributed by atoms with Crippen LogP contribution >= 0.6 is 0 Å². The molecule has 2 heterocycles. The van der Waals surface area contributed by atoms with E-state index in [1.807, 2.05) is 37.4 Å². The number of nitrogens with two attached hydrogens (primary N) is 1. The van der Waals surface area contributed by atoms with Crippen molar-refractivity contribution in [1.82, 2.24) is 25.1 Å². The highest BCUT2D eigenvalue weighted by molar-refractivity contribution is 5.80. The monoisotopic (exact) mass is 437 g/mol. The van der Waals surface area contributed by atoms with Crippen molar-refractivity contribution in [3.8, 4) is 11.3 Å². The minimum Gasteiger partial charge on any atom is -0.351 e. The van der Waals surface area contributed by atoms with Gasteiger partial charge < -0.3 is 16.4 Å². The van der Waals surface area contributed by atoms with E-state index in [2.05, 4.69) is 25.7 Å². The number of nitrogens with one attached hydrogen (secondary N) is 2. The maximum atomic E-state index is 13.2. The van der Waals surface area contributed by atoms with Crippen LogP contribution < -0.4 is 16.4 Å². The Hall–Kier alpha value is -3.33. The molecule has 1 aliphatic carbocycles. The van der Waals surface area contributed by atoms with Gasteiger partial charge in [-0.05, 0) is 49.9 Å². The number of benzene rings is 1. The molecule has 2 aromatic heterocycles. The largest absolute Gasteiger partial charge is 0.351 e. The number of hydrogen-bond donors (Lipinski definition) is 3. The Labute approximate surface area is 186 Å². The first-order chi connectivity index (χ1) is 15.4. The predicted molar refractivity (Wildman–Crippen MR) is 121 cm³/mol. The van der Waals surface area contributed by atoms with Gasteiger partial charge in [-0.3, -0.25) is 13.9 Å². The van der Waals surface area contributed by atoms with Crippen molar-refractivity contribution in [2.75, 3.05) is 12.0 Å². The Kier molecular flexibility index (Phi) is 6.18. The lowest BCUT2D eigenvalue weighted by Gasteiger charge is -2.10. The van der Waals surface area contributed by atoms with Crippen LogP contribution in [0, 0.1) is 12.3 Å². The van der Waals surface area contributed by atoms with Crippen LogP contribution in [0.25, 0.3) is 11.3 Å². The number of carbonyl (C=O) groups excluding carboxylic acids is 1. The summed E-state index contributed by atoms with van der Waals surface area (Å²) in [6, 6.07) is 7.11. The van der Waals surface area contributed by atoms with Crippen LogP contribution in [0.4, 0.5) is 16.0 Å².